The van der Waals surface area contributed by atoms with Crippen molar-refractivity contribution in [1.29, 1.82) is 0 Å². The number of carbonyl (C=O) groups excluding carboxylic acids is 1. The van der Waals surface area contributed by atoms with Crippen LogP contribution in [0.1, 0.15) is 19.4 Å². The van der Waals surface area contributed by atoms with E-state index in [1.165, 1.54) is 12.1 Å². The highest BCUT2D eigenvalue weighted by molar-refractivity contribution is 7.92. The second kappa shape index (κ2) is 10.8. The largest absolute Gasteiger partial charge is 0.493 e. The van der Waals surface area contributed by atoms with Gasteiger partial charge in [0.15, 0.2) is 0 Å². The lowest BCUT2D eigenvalue weighted by molar-refractivity contribution is -0.120. The van der Waals surface area contributed by atoms with Crippen molar-refractivity contribution in [2.24, 2.45) is 5.92 Å². The summed E-state index contributed by atoms with van der Waals surface area (Å²) in [6, 6.07) is 13.0. The summed E-state index contributed by atoms with van der Waals surface area (Å²) in [6.07, 6.45) is 0.217. The minimum absolute atomic E-state index is 0.116. The van der Waals surface area contributed by atoms with Gasteiger partial charge in [-0.2, -0.15) is 0 Å². The molecule has 0 atom stereocenters. The monoisotopic (exact) mass is 420 g/mol. The van der Waals surface area contributed by atoms with Gasteiger partial charge in [0.1, 0.15) is 5.75 Å². The van der Waals surface area contributed by atoms with Gasteiger partial charge in [0, 0.05) is 19.3 Å². The SMILES string of the molecule is COCCNC(=O)Cc1ccc(NS(=O)(=O)c2ccc(OCC(C)C)cc2)cc1. The van der Waals surface area contributed by atoms with E-state index in [-0.39, 0.29) is 17.2 Å². The van der Waals surface area contributed by atoms with Crippen molar-refractivity contribution < 1.29 is 22.7 Å². The molecular weight excluding hydrogens is 392 g/mol. The number of hydrogen-bond acceptors (Lipinski definition) is 5. The quantitative estimate of drug-likeness (QED) is 0.545. The van der Waals surface area contributed by atoms with Crippen LogP contribution in [0.5, 0.6) is 5.75 Å². The smallest absolute Gasteiger partial charge is 0.261 e. The topological polar surface area (TPSA) is 93.7 Å². The molecule has 0 aliphatic carbocycles. The van der Waals surface area contributed by atoms with Crippen LogP contribution in [0.4, 0.5) is 5.69 Å². The van der Waals surface area contributed by atoms with Crippen LogP contribution < -0.4 is 14.8 Å². The van der Waals surface area contributed by atoms with Gasteiger partial charge in [0.2, 0.25) is 5.91 Å². The lowest BCUT2D eigenvalue weighted by Gasteiger charge is -2.11. The van der Waals surface area contributed by atoms with E-state index in [9.17, 15) is 13.2 Å². The first kappa shape index (κ1) is 22.7. The maximum atomic E-state index is 12.6. The van der Waals surface area contributed by atoms with Gasteiger partial charge in [-0.3, -0.25) is 9.52 Å². The van der Waals surface area contributed by atoms with Crippen LogP contribution in [0, 0.1) is 5.92 Å². The highest BCUT2D eigenvalue weighted by Gasteiger charge is 2.14. The molecule has 8 heteroatoms. The Bertz CT molecular complexity index is 878. The summed E-state index contributed by atoms with van der Waals surface area (Å²) >= 11 is 0. The summed E-state index contributed by atoms with van der Waals surface area (Å²) in [7, 11) is -2.14. The van der Waals surface area contributed by atoms with E-state index in [1.807, 2.05) is 13.8 Å². The Morgan fingerprint density at radius 1 is 1.03 bits per heavy atom. The van der Waals surface area contributed by atoms with Gasteiger partial charge in [-0.15, -0.1) is 0 Å². The van der Waals surface area contributed by atoms with Crippen LogP contribution in [0.15, 0.2) is 53.4 Å². The molecule has 0 bridgehead atoms. The van der Waals surface area contributed by atoms with E-state index in [1.54, 1.807) is 43.5 Å². The van der Waals surface area contributed by atoms with E-state index in [0.717, 1.165) is 5.56 Å². The van der Waals surface area contributed by atoms with Gasteiger partial charge in [-0.05, 0) is 47.9 Å². The van der Waals surface area contributed by atoms with Crippen LogP contribution in [-0.4, -0.2) is 41.2 Å². The zero-order valence-corrected chi connectivity index (χ0v) is 17.8. The van der Waals surface area contributed by atoms with Crippen molar-refractivity contribution >= 4 is 21.6 Å². The van der Waals surface area contributed by atoms with Gasteiger partial charge >= 0.3 is 0 Å². The predicted molar refractivity (Wildman–Crippen MR) is 113 cm³/mol. The van der Waals surface area contributed by atoms with Crippen LogP contribution >= 0.6 is 0 Å². The number of carbonyl (C=O) groups is 1. The molecule has 0 unspecified atom stereocenters. The average Bonchev–Trinajstić information content (AvgIpc) is 2.68. The van der Waals surface area contributed by atoms with Crippen molar-refractivity contribution in [3.63, 3.8) is 0 Å². The zero-order valence-electron chi connectivity index (χ0n) is 17.0. The molecule has 2 aromatic rings. The molecule has 0 heterocycles. The fourth-order valence-corrected chi connectivity index (χ4v) is 3.48. The van der Waals surface area contributed by atoms with Gasteiger partial charge in [0.05, 0.1) is 24.5 Å². The summed E-state index contributed by atoms with van der Waals surface area (Å²) in [5, 5.41) is 2.74. The molecule has 0 aromatic heterocycles. The third-order valence-corrected chi connectivity index (χ3v) is 5.31. The van der Waals surface area contributed by atoms with Gasteiger partial charge in [-0.1, -0.05) is 26.0 Å². The highest BCUT2D eigenvalue weighted by Crippen LogP contribution is 2.20. The number of methoxy groups -OCH3 is 1. The lowest BCUT2D eigenvalue weighted by atomic mass is 10.1. The minimum atomic E-state index is -3.71. The van der Waals surface area contributed by atoms with Crippen molar-refractivity contribution in [2.45, 2.75) is 25.2 Å². The molecule has 7 nitrogen and oxygen atoms in total. The Balaban J connectivity index is 1.95. The number of anilines is 1. The first-order chi connectivity index (χ1) is 13.8. The fourth-order valence-electron chi connectivity index (χ4n) is 2.42. The first-order valence-electron chi connectivity index (χ1n) is 9.40. The number of sulfonamides is 1. The Morgan fingerprint density at radius 2 is 1.69 bits per heavy atom. The van der Waals surface area contributed by atoms with E-state index in [2.05, 4.69) is 10.0 Å². The highest BCUT2D eigenvalue weighted by atomic mass is 32.2. The van der Waals surface area contributed by atoms with Crippen molar-refractivity contribution in [3.05, 3.63) is 54.1 Å². The standard InChI is InChI=1S/C21H28N2O5S/c1-16(2)15-28-19-8-10-20(11-9-19)29(25,26)23-18-6-4-17(5-7-18)14-21(24)22-12-13-27-3/h4-11,16,23H,12-15H2,1-3H3,(H,22,24). The predicted octanol–water partition coefficient (Wildman–Crippen LogP) is 2.83. The maximum absolute atomic E-state index is 12.6. The summed E-state index contributed by atoms with van der Waals surface area (Å²) in [5.41, 5.74) is 1.21. The first-order valence-corrected chi connectivity index (χ1v) is 10.9. The molecule has 29 heavy (non-hydrogen) atoms. The summed E-state index contributed by atoms with van der Waals surface area (Å²) < 4.78 is 38.1. The maximum Gasteiger partial charge on any atom is 0.261 e. The number of amides is 1. The summed E-state index contributed by atoms with van der Waals surface area (Å²) in [4.78, 5) is 12.0. The molecule has 2 rings (SSSR count). The zero-order chi connectivity index (χ0) is 21.3. The van der Waals surface area contributed by atoms with Crippen molar-refractivity contribution in [2.75, 3.05) is 31.6 Å². The number of benzene rings is 2. The normalized spacial score (nSPS) is 11.3. The second-order valence-corrected chi connectivity index (χ2v) is 8.68. The number of nitrogens with one attached hydrogen (secondary N) is 2. The van der Waals surface area contributed by atoms with Crippen molar-refractivity contribution in [1.82, 2.24) is 5.32 Å². The van der Waals surface area contributed by atoms with E-state index in [4.69, 9.17) is 9.47 Å². The third kappa shape index (κ3) is 7.75. The molecule has 2 aromatic carbocycles. The Labute approximate surface area is 172 Å². The minimum Gasteiger partial charge on any atom is -0.493 e. The summed E-state index contributed by atoms with van der Waals surface area (Å²) in [6.45, 7) is 5.57. The Hall–Kier alpha value is -2.58. The van der Waals surface area contributed by atoms with E-state index >= 15 is 0 Å². The number of ether oxygens (including phenoxy) is 2. The van der Waals surface area contributed by atoms with Gasteiger partial charge in [-0.25, -0.2) is 8.42 Å². The van der Waals surface area contributed by atoms with E-state index in [0.29, 0.717) is 37.1 Å². The molecule has 0 radical (unpaired) electrons. The van der Waals surface area contributed by atoms with Gasteiger partial charge < -0.3 is 14.8 Å². The molecule has 0 fully saturated rings. The molecule has 0 spiro atoms. The Morgan fingerprint density at radius 3 is 2.28 bits per heavy atom. The van der Waals surface area contributed by atoms with Crippen LogP contribution in [-0.2, 0) is 26.0 Å². The molecule has 0 saturated carbocycles. The number of hydrogen-bond donors (Lipinski definition) is 2. The summed E-state index contributed by atoms with van der Waals surface area (Å²) in [5.74, 6) is 0.903. The Kier molecular flexibility index (Phi) is 8.48. The third-order valence-electron chi connectivity index (χ3n) is 3.92. The molecule has 0 aliphatic rings. The van der Waals surface area contributed by atoms with Crippen LogP contribution in [0.3, 0.4) is 0 Å². The average molecular weight is 421 g/mol. The molecule has 2 N–H and O–H groups in total. The van der Waals surface area contributed by atoms with Crippen LogP contribution in [0.2, 0.25) is 0 Å². The second-order valence-electron chi connectivity index (χ2n) is 7.00. The molecule has 1 amide bonds. The molecule has 0 aliphatic heterocycles. The molecule has 0 saturated heterocycles. The van der Waals surface area contributed by atoms with E-state index < -0.39 is 10.0 Å². The fraction of sp³-hybridized carbons (Fsp3) is 0.381. The van der Waals surface area contributed by atoms with Crippen LogP contribution in [0.25, 0.3) is 0 Å². The molecule has 158 valence electrons. The van der Waals surface area contributed by atoms with Gasteiger partial charge in [0.25, 0.3) is 10.0 Å². The van der Waals surface area contributed by atoms with Crippen molar-refractivity contribution in [3.8, 4) is 5.75 Å². The lowest BCUT2D eigenvalue weighted by Crippen LogP contribution is -2.28. The molecular formula is C21H28N2O5S. The number of rotatable bonds is 11.